The number of fused-ring (bicyclic) bond motifs is 1. The van der Waals surface area contributed by atoms with Crippen molar-refractivity contribution in [2.24, 2.45) is 0 Å². The molecule has 0 radical (unpaired) electrons. The summed E-state index contributed by atoms with van der Waals surface area (Å²) >= 11 is 1.50. The van der Waals surface area contributed by atoms with Crippen molar-refractivity contribution in [2.75, 3.05) is 11.9 Å². The summed E-state index contributed by atoms with van der Waals surface area (Å²) in [6.45, 7) is 0.482. The molecule has 2 aromatic rings. The summed E-state index contributed by atoms with van der Waals surface area (Å²) in [5, 5.41) is 13.1. The highest BCUT2D eigenvalue weighted by molar-refractivity contribution is 7.16. The minimum atomic E-state index is -0.582. The lowest BCUT2D eigenvalue weighted by atomic mass is 9.96. The summed E-state index contributed by atoms with van der Waals surface area (Å²) in [5.74, 6) is 0.203. The zero-order valence-electron chi connectivity index (χ0n) is 15.4. The first kappa shape index (κ1) is 18.5. The van der Waals surface area contributed by atoms with Gasteiger partial charge in [-0.25, -0.2) is 4.79 Å². The van der Waals surface area contributed by atoms with Gasteiger partial charge in [0.15, 0.2) is 0 Å². The standard InChI is InChI=1S/C21H21N3O3S/c22-13-16-15-9-4-5-11-18(15)28-20(16)23-19(25)17-10-6-12-24(17)21(26)27-14-7-2-1-3-8-14/h1-3,7-8,17H,4-6,9-12H2,(H,23,25)/t17-/m0/s1. The summed E-state index contributed by atoms with van der Waals surface area (Å²) in [7, 11) is 0. The lowest BCUT2D eigenvalue weighted by molar-refractivity contribution is -0.119. The molecule has 7 heteroatoms. The molecule has 0 unspecified atom stereocenters. The number of thiophene rings is 1. The number of para-hydroxylation sites is 1. The molecule has 2 aliphatic rings. The number of aryl methyl sites for hydroxylation is 1. The van der Waals surface area contributed by atoms with Crippen LogP contribution in [0.5, 0.6) is 5.75 Å². The van der Waals surface area contributed by atoms with Crippen LogP contribution < -0.4 is 10.1 Å². The maximum absolute atomic E-state index is 12.9. The largest absolute Gasteiger partial charge is 0.415 e. The van der Waals surface area contributed by atoms with E-state index in [4.69, 9.17) is 4.74 Å². The zero-order valence-corrected chi connectivity index (χ0v) is 16.3. The fourth-order valence-electron chi connectivity index (χ4n) is 3.87. The van der Waals surface area contributed by atoms with Crippen LogP contribution in [-0.4, -0.2) is 29.5 Å². The van der Waals surface area contributed by atoms with Crippen LogP contribution in [-0.2, 0) is 17.6 Å². The lowest BCUT2D eigenvalue weighted by Gasteiger charge is -2.23. The number of hydrogen-bond acceptors (Lipinski definition) is 5. The van der Waals surface area contributed by atoms with E-state index < -0.39 is 12.1 Å². The van der Waals surface area contributed by atoms with Gasteiger partial charge in [-0.2, -0.15) is 5.26 Å². The van der Waals surface area contributed by atoms with Gasteiger partial charge in [-0.3, -0.25) is 9.69 Å². The molecule has 1 saturated heterocycles. The van der Waals surface area contributed by atoms with Gasteiger partial charge in [0.05, 0.1) is 5.56 Å². The van der Waals surface area contributed by atoms with Crippen molar-refractivity contribution in [1.29, 1.82) is 5.26 Å². The average Bonchev–Trinajstić information content (AvgIpc) is 3.33. The summed E-state index contributed by atoms with van der Waals surface area (Å²) in [5.41, 5.74) is 1.67. The molecule has 28 heavy (non-hydrogen) atoms. The quantitative estimate of drug-likeness (QED) is 0.848. The molecule has 1 aliphatic heterocycles. The average molecular weight is 395 g/mol. The first-order valence-corrected chi connectivity index (χ1v) is 10.4. The number of amides is 2. The van der Waals surface area contributed by atoms with Crippen LogP contribution >= 0.6 is 11.3 Å². The van der Waals surface area contributed by atoms with Gasteiger partial charge < -0.3 is 10.1 Å². The molecule has 0 bridgehead atoms. The molecule has 1 fully saturated rings. The fourth-order valence-corrected chi connectivity index (χ4v) is 5.12. The number of hydrogen-bond donors (Lipinski definition) is 1. The third kappa shape index (κ3) is 3.60. The van der Waals surface area contributed by atoms with Crippen LogP contribution in [0.3, 0.4) is 0 Å². The molecule has 2 heterocycles. The van der Waals surface area contributed by atoms with Gasteiger partial charge in [-0.15, -0.1) is 11.3 Å². The van der Waals surface area contributed by atoms with Gasteiger partial charge >= 0.3 is 6.09 Å². The molecular formula is C21H21N3O3S. The van der Waals surface area contributed by atoms with E-state index in [1.165, 1.54) is 21.1 Å². The van der Waals surface area contributed by atoms with Crippen molar-refractivity contribution in [3.8, 4) is 11.8 Å². The van der Waals surface area contributed by atoms with E-state index in [2.05, 4.69) is 11.4 Å². The maximum atomic E-state index is 12.9. The van der Waals surface area contributed by atoms with Crippen molar-refractivity contribution in [1.82, 2.24) is 4.90 Å². The van der Waals surface area contributed by atoms with Gasteiger partial charge in [0.2, 0.25) is 5.91 Å². The summed E-state index contributed by atoms with van der Waals surface area (Å²) < 4.78 is 5.40. The number of likely N-dealkylation sites (tertiary alicyclic amines) is 1. The Hall–Kier alpha value is -2.85. The van der Waals surface area contributed by atoms with Crippen molar-refractivity contribution in [2.45, 2.75) is 44.6 Å². The van der Waals surface area contributed by atoms with Gasteiger partial charge in [0, 0.05) is 11.4 Å². The number of carbonyl (C=O) groups excluding carboxylic acids is 2. The Kier molecular flexibility index (Phi) is 5.31. The van der Waals surface area contributed by atoms with Crippen molar-refractivity contribution < 1.29 is 14.3 Å². The molecule has 1 aromatic heterocycles. The highest BCUT2D eigenvalue weighted by Gasteiger charge is 2.36. The molecule has 1 atom stereocenters. The predicted octanol–water partition coefficient (Wildman–Crippen LogP) is 4.10. The topological polar surface area (TPSA) is 82.4 Å². The Morgan fingerprint density at radius 1 is 1.18 bits per heavy atom. The second-order valence-electron chi connectivity index (χ2n) is 7.05. The molecular weight excluding hydrogens is 374 g/mol. The van der Waals surface area contributed by atoms with Crippen LogP contribution in [0.4, 0.5) is 9.80 Å². The van der Waals surface area contributed by atoms with E-state index in [-0.39, 0.29) is 5.91 Å². The Morgan fingerprint density at radius 2 is 1.96 bits per heavy atom. The van der Waals surface area contributed by atoms with E-state index in [0.29, 0.717) is 29.3 Å². The van der Waals surface area contributed by atoms with Crippen molar-refractivity contribution in [3.05, 3.63) is 46.3 Å². The highest BCUT2D eigenvalue weighted by Crippen LogP contribution is 2.38. The monoisotopic (exact) mass is 395 g/mol. The molecule has 0 saturated carbocycles. The predicted molar refractivity (Wildman–Crippen MR) is 106 cm³/mol. The van der Waals surface area contributed by atoms with Gasteiger partial charge in [0.25, 0.3) is 0 Å². The molecule has 4 rings (SSSR count). The van der Waals surface area contributed by atoms with Crippen LogP contribution in [0.15, 0.2) is 30.3 Å². The van der Waals surface area contributed by atoms with Gasteiger partial charge in [-0.05, 0) is 56.2 Å². The fraction of sp³-hybridized carbons (Fsp3) is 0.381. The van der Waals surface area contributed by atoms with Crippen LogP contribution in [0.25, 0.3) is 0 Å². The SMILES string of the molecule is N#Cc1c(NC(=O)[C@@H]2CCCN2C(=O)Oc2ccccc2)sc2c1CCCC2. The van der Waals surface area contributed by atoms with E-state index in [0.717, 1.165) is 37.7 Å². The van der Waals surface area contributed by atoms with Gasteiger partial charge in [-0.1, -0.05) is 18.2 Å². The molecule has 144 valence electrons. The van der Waals surface area contributed by atoms with Crippen LogP contribution in [0.1, 0.15) is 41.7 Å². The number of rotatable bonds is 3. The van der Waals surface area contributed by atoms with Crippen LogP contribution in [0.2, 0.25) is 0 Å². The summed E-state index contributed by atoms with van der Waals surface area (Å²) in [4.78, 5) is 28.1. The molecule has 2 amide bonds. The van der Waals surface area contributed by atoms with E-state index >= 15 is 0 Å². The first-order chi connectivity index (χ1) is 13.7. The molecule has 6 nitrogen and oxygen atoms in total. The number of nitrogens with zero attached hydrogens (tertiary/aromatic N) is 2. The van der Waals surface area contributed by atoms with E-state index in [1.807, 2.05) is 6.07 Å². The minimum Gasteiger partial charge on any atom is -0.410 e. The highest BCUT2D eigenvalue weighted by atomic mass is 32.1. The lowest BCUT2D eigenvalue weighted by Crippen LogP contribution is -2.44. The Bertz CT molecular complexity index is 932. The third-order valence-electron chi connectivity index (χ3n) is 5.26. The maximum Gasteiger partial charge on any atom is 0.415 e. The minimum absolute atomic E-state index is 0.252. The number of nitrogens with one attached hydrogen (secondary N) is 1. The van der Waals surface area contributed by atoms with E-state index in [1.54, 1.807) is 24.3 Å². The Balaban J connectivity index is 1.48. The van der Waals surface area contributed by atoms with Crippen LogP contribution in [0, 0.1) is 11.3 Å². The van der Waals surface area contributed by atoms with E-state index in [9.17, 15) is 14.9 Å². The zero-order chi connectivity index (χ0) is 19.5. The number of benzene rings is 1. The van der Waals surface area contributed by atoms with Crippen molar-refractivity contribution >= 4 is 28.3 Å². The third-order valence-corrected chi connectivity index (χ3v) is 6.47. The normalized spacial score (nSPS) is 18.2. The smallest absolute Gasteiger partial charge is 0.410 e. The number of carbonyl (C=O) groups is 2. The van der Waals surface area contributed by atoms with Gasteiger partial charge in [0.1, 0.15) is 22.9 Å². The summed E-state index contributed by atoms with van der Waals surface area (Å²) in [6, 6.07) is 10.5. The molecule has 1 aromatic carbocycles. The Morgan fingerprint density at radius 3 is 2.75 bits per heavy atom. The molecule has 1 aliphatic carbocycles. The summed E-state index contributed by atoms with van der Waals surface area (Å²) in [6.07, 6.45) is 4.86. The second kappa shape index (κ2) is 8.03. The number of ether oxygens (including phenoxy) is 1. The number of nitriles is 1. The molecule has 0 spiro atoms. The van der Waals surface area contributed by atoms with Crippen molar-refractivity contribution in [3.63, 3.8) is 0 Å². The first-order valence-electron chi connectivity index (χ1n) is 9.56. The number of anilines is 1. The Labute approximate surface area is 167 Å². The second-order valence-corrected chi connectivity index (χ2v) is 8.15. The molecule has 1 N–H and O–H groups in total.